The summed E-state index contributed by atoms with van der Waals surface area (Å²) in [5, 5.41) is 4.58. The van der Waals surface area contributed by atoms with Gasteiger partial charge in [0.15, 0.2) is 0 Å². The number of alkyl halides is 2. The van der Waals surface area contributed by atoms with E-state index in [-0.39, 0.29) is 16.8 Å². The Kier molecular flexibility index (Phi) is 5.79. The lowest BCUT2D eigenvalue weighted by molar-refractivity contribution is 0.145. The summed E-state index contributed by atoms with van der Waals surface area (Å²) < 4.78 is 61.8. The minimum absolute atomic E-state index is 0.0421. The van der Waals surface area contributed by atoms with Gasteiger partial charge in [-0.3, -0.25) is 9.71 Å². The summed E-state index contributed by atoms with van der Waals surface area (Å²) in [5.74, 6) is 0.409. The van der Waals surface area contributed by atoms with Crippen LogP contribution in [-0.4, -0.2) is 29.3 Å². The van der Waals surface area contributed by atoms with Crippen molar-refractivity contribution in [1.82, 2.24) is 14.8 Å². The predicted octanol–water partition coefficient (Wildman–Crippen LogP) is 4.95. The van der Waals surface area contributed by atoms with E-state index >= 15 is 0 Å². The number of ether oxygens (including phenoxy) is 1. The van der Waals surface area contributed by atoms with Crippen LogP contribution in [0.5, 0.6) is 5.75 Å². The molecule has 1 N–H and O–H groups in total. The lowest BCUT2D eigenvalue weighted by atomic mass is 10.2. The van der Waals surface area contributed by atoms with E-state index in [9.17, 15) is 17.2 Å². The number of benzene rings is 2. The van der Waals surface area contributed by atoms with Crippen LogP contribution in [0.2, 0.25) is 0 Å². The van der Waals surface area contributed by atoms with Crippen molar-refractivity contribution in [3.05, 3.63) is 72.6 Å². The number of hydrogen-bond donors (Lipinski definition) is 1. The van der Waals surface area contributed by atoms with E-state index in [0.29, 0.717) is 22.3 Å². The van der Waals surface area contributed by atoms with Crippen LogP contribution in [0.1, 0.15) is 26.0 Å². The molecule has 32 heavy (non-hydrogen) atoms. The van der Waals surface area contributed by atoms with E-state index in [4.69, 9.17) is 4.74 Å². The SMILES string of the molecule is CC(C)Oc1ccc(S(=O)(=O)Nc2cc(C(F)F)nn2-c2cccc3ncccc23)cc1. The zero-order valence-electron chi connectivity index (χ0n) is 17.2. The van der Waals surface area contributed by atoms with E-state index in [2.05, 4.69) is 14.8 Å². The smallest absolute Gasteiger partial charge is 0.282 e. The topological polar surface area (TPSA) is 86.1 Å². The van der Waals surface area contributed by atoms with Crippen LogP contribution < -0.4 is 9.46 Å². The van der Waals surface area contributed by atoms with Crippen molar-refractivity contribution in [2.75, 3.05) is 4.72 Å². The summed E-state index contributed by atoms with van der Waals surface area (Å²) in [6.45, 7) is 3.72. The largest absolute Gasteiger partial charge is 0.491 e. The summed E-state index contributed by atoms with van der Waals surface area (Å²) >= 11 is 0. The second-order valence-electron chi connectivity index (χ2n) is 7.26. The van der Waals surface area contributed by atoms with E-state index in [1.54, 1.807) is 36.5 Å². The van der Waals surface area contributed by atoms with Crippen LogP contribution in [0.3, 0.4) is 0 Å². The third-order valence-electron chi connectivity index (χ3n) is 4.55. The molecule has 0 amide bonds. The molecule has 0 atom stereocenters. The molecule has 7 nitrogen and oxygen atoms in total. The zero-order valence-corrected chi connectivity index (χ0v) is 18.1. The Hall–Kier alpha value is -3.53. The van der Waals surface area contributed by atoms with Crippen molar-refractivity contribution in [1.29, 1.82) is 0 Å². The number of hydrogen-bond acceptors (Lipinski definition) is 5. The maximum Gasteiger partial charge on any atom is 0.282 e. The van der Waals surface area contributed by atoms with Crippen molar-refractivity contribution in [3.8, 4) is 11.4 Å². The molecule has 2 aromatic carbocycles. The highest BCUT2D eigenvalue weighted by Gasteiger charge is 2.22. The number of pyridine rings is 1. The van der Waals surface area contributed by atoms with Gasteiger partial charge in [0.05, 0.1) is 22.2 Å². The predicted molar refractivity (Wildman–Crippen MR) is 117 cm³/mol. The fourth-order valence-electron chi connectivity index (χ4n) is 3.20. The van der Waals surface area contributed by atoms with Gasteiger partial charge in [-0.15, -0.1) is 0 Å². The molecule has 2 aromatic heterocycles. The summed E-state index contributed by atoms with van der Waals surface area (Å²) in [6, 6.07) is 15.4. The lowest BCUT2D eigenvalue weighted by Gasteiger charge is -2.13. The van der Waals surface area contributed by atoms with Gasteiger partial charge in [0.25, 0.3) is 16.4 Å². The molecule has 0 aliphatic heterocycles. The summed E-state index contributed by atoms with van der Waals surface area (Å²) in [5.41, 5.74) is 0.485. The molecule has 0 radical (unpaired) electrons. The molecule has 4 rings (SSSR count). The molecular weight excluding hydrogens is 438 g/mol. The van der Waals surface area contributed by atoms with Gasteiger partial charge in [-0.05, 0) is 62.4 Å². The molecule has 0 aliphatic carbocycles. The van der Waals surface area contributed by atoms with Gasteiger partial charge in [0, 0.05) is 17.6 Å². The monoisotopic (exact) mass is 458 g/mol. The highest BCUT2D eigenvalue weighted by molar-refractivity contribution is 7.92. The maximum atomic E-state index is 13.4. The molecule has 0 spiro atoms. The van der Waals surface area contributed by atoms with Gasteiger partial charge in [0.2, 0.25) is 0 Å². The minimum atomic E-state index is -4.08. The standard InChI is InChI=1S/C22H20F2N4O3S/c1-14(2)31-15-8-10-16(11-9-15)32(29,30)27-21-13-19(22(23)24)26-28(21)20-7-3-6-18-17(20)5-4-12-25-18/h3-14,22,27H,1-2H3. The molecular formula is C22H20F2N4O3S. The number of aromatic nitrogens is 3. The molecule has 0 saturated carbocycles. The number of nitrogens with zero attached hydrogens (tertiary/aromatic N) is 3. The molecule has 2 heterocycles. The van der Waals surface area contributed by atoms with Gasteiger partial charge >= 0.3 is 0 Å². The van der Waals surface area contributed by atoms with Crippen LogP contribution in [0.15, 0.2) is 71.8 Å². The summed E-state index contributed by atoms with van der Waals surface area (Å²) in [6.07, 6.45) is -1.33. The average molecular weight is 458 g/mol. The first kappa shape index (κ1) is 21.7. The normalized spacial score (nSPS) is 11.9. The van der Waals surface area contributed by atoms with Gasteiger partial charge in [-0.25, -0.2) is 21.9 Å². The van der Waals surface area contributed by atoms with E-state index < -0.39 is 22.1 Å². The van der Waals surface area contributed by atoms with Crippen molar-refractivity contribution in [3.63, 3.8) is 0 Å². The highest BCUT2D eigenvalue weighted by Crippen LogP contribution is 2.29. The van der Waals surface area contributed by atoms with Gasteiger partial charge in [0.1, 0.15) is 17.3 Å². The molecule has 4 aromatic rings. The van der Waals surface area contributed by atoms with Crippen molar-refractivity contribution in [2.45, 2.75) is 31.3 Å². The number of sulfonamides is 1. The van der Waals surface area contributed by atoms with Crippen LogP contribution in [-0.2, 0) is 10.0 Å². The van der Waals surface area contributed by atoms with Crippen LogP contribution in [0.25, 0.3) is 16.6 Å². The minimum Gasteiger partial charge on any atom is -0.491 e. The molecule has 0 fully saturated rings. The first-order valence-corrected chi connectivity index (χ1v) is 11.2. The van der Waals surface area contributed by atoms with E-state index in [0.717, 1.165) is 10.7 Å². The Morgan fingerprint density at radius 2 is 1.78 bits per heavy atom. The first-order chi connectivity index (χ1) is 15.2. The Bertz CT molecular complexity index is 1350. The Balaban J connectivity index is 1.75. The molecule has 0 saturated heterocycles. The molecule has 0 aliphatic rings. The molecule has 10 heteroatoms. The zero-order chi connectivity index (χ0) is 22.9. The number of halogens is 2. The summed E-state index contributed by atoms with van der Waals surface area (Å²) in [7, 11) is -4.08. The second-order valence-corrected chi connectivity index (χ2v) is 8.94. The fraction of sp³-hybridized carbons (Fsp3) is 0.182. The molecule has 0 unspecified atom stereocenters. The van der Waals surface area contributed by atoms with E-state index in [1.807, 2.05) is 13.8 Å². The highest BCUT2D eigenvalue weighted by atomic mass is 32.2. The van der Waals surface area contributed by atoms with E-state index in [1.165, 1.54) is 24.3 Å². The number of anilines is 1. The number of nitrogens with one attached hydrogen (secondary N) is 1. The Morgan fingerprint density at radius 3 is 2.47 bits per heavy atom. The Morgan fingerprint density at radius 1 is 1.03 bits per heavy atom. The maximum absolute atomic E-state index is 13.4. The Labute approximate surface area is 183 Å². The number of rotatable bonds is 7. The second kappa shape index (κ2) is 8.54. The van der Waals surface area contributed by atoms with Crippen LogP contribution in [0, 0.1) is 0 Å². The molecule has 0 bridgehead atoms. The van der Waals surface area contributed by atoms with Crippen LogP contribution >= 0.6 is 0 Å². The van der Waals surface area contributed by atoms with Gasteiger partial charge < -0.3 is 4.74 Å². The van der Waals surface area contributed by atoms with Gasteiger partial charge in [-0.2, -0.15) is 5.10 Å². The quantitative estimate of drug-likeness (QED) is 0.424. The first-order valence-electron chi connectivity index (χ1n) is 9.76. The summed E-state index contributed by atoms with van der Waals surface area (Å²) in [4.78, 5) is 4.21. The fourth-order valence-corrected chi connectivity index (χ4v) is 4.23. The van der Waals surface area contributed by atoms with Crippen molar-refractivity contribution >= 4 is 26.7 Å². The lowest BCUT2D eigenvalue weighted by Crippen LogP contribution is -2.16. The third kappa shape index (κ3) is 4.40. The van der Waals surface area contributed by atoms with Gasteiger partial charge in [-0.1, -0.05) is 6.07 Å². The molecule has 166 valence electrons. The third-order valence-corrected chi connectivity index (χ3v) is 5.92. The van der Waals surface area contributed by atoms with Crippen molar-refractivity contribution < 1.29 is 21.9 Å². The van der Waals surface area contributed by atoms with Crippen LogP contribution in [0.4, 0.5) is 14.6 Å². The van der Waals surface area contributed by atoms with Crippen molar-refractivity contribution in [2.24, 2.45) is 0 Å². The average Bonchev–Trinajstić information content (AvgIpc) is 3.16. The number of fused-ring (bicyclic) bond motifs is 1.